The Balaban J connectivity index is 1.30. The predicted molar refractivity (Wildman–Crippen MR) is 113 cm³/mol. The van der Waals surface area contributed by atoms with Gasteiger partial charge in [0, 0.05) is 11.1 Å². The van der Waals surface area contributed by atoms with Crippen molar-refractivity contribution in [3.63, 3.8) is 0 Å². The second kappa shape index (κ2) is 6.94. The molecule has 6 rings (SSSR count). The summed E-state index contributed by atoms with van der Waals surface area (Å²) in [6.45, 7) is 0. The van der Waals surface area contributed by atoms with Crippen LogP contribution >= 0.6 is 22.7 Å². The first-order chi connectivity index (χ1) is 14.8. The topological polar surface area (TPSA) is 104 Å². The molecule has 0 spiro atoms. The molecule has 0 bridgehead atoms. The molecule has 2 aromatic carbocycles. The van der Waals surface area contributed by atoms with Gasteiger partial charge in [0.05, 0.1) is 0 Å². The number of nitrogens with zero attached hydrogens (tertiary/aromatic N) is 6. The molecule has 4 heterocycles. The van der Waals surface area contributed by atoms with Gasteiger partial charge >= 0.3 is 0 Å². The van der Waals surface area contributed by atoms with Crippen LogP contribution in [0.2, 0.25) is 0 Å². The van der Waals surface area contributed by atoms with Crippen molar-refractivity contribution < 1.29 is 8.83 Å². The number of hydrogen-bond acceptors (Lipinski definition) is 10. The number of thiazole rings is 2. The monoisotopic (exact) mass is 430 g/mol. The molecule has 0 fully saturated rings. The first-order valence-electron chi connectivity index (χ1n) is 8.89. The summed E-state index contributed by atoms with van der Waals surface area (Å²) in [4.78, 5) is 10.7. The van der Waals surface area contributed by atoms with Gasteiger partial charge in [-0.3, -0.25) is 0 Å². The lowest BCUT2D eigenvalue weighted by molar-refractivity contribution is 0.584. The molecule has 0 unspecified atom stereocenters. The molecule has 0 saturated heterocycles. The van der Waals surface area contributed by atoms with Gasteiger partial charge in [-0.1, -0.05) is 59.1 Å². The predicted octanol–water partition coefficient (Wildman–Crippen LogP) is 5.19. The molecule has 0 aliphatic rings. The maximum absolute atomic E-state index is 5.78. The molecule has 0 aliphatic carbocycles. The lowest BCUT2D eigenvalue weighted by Crippen LogP contribution is -1.76. The average Bonchev–Trinajstić information content (AvgIpc) is 3.57. The molecule has 0 N–H and O–H groups in total. The van der Waals surface area contributed by atoms with Gasteiger partial charge in [0.25, 0.3) is 11.8 Å². The summed E-state index contributed by atoms with van der Waals surface area (Å²) in [6.07, 6.45) is 0. The average molecular weight is 430 g/mol. The van der Waals surface area contributed by atoms with Gasteiger partial charge in [-0.05, 0) is 24.3 Å². The fraction of sp³-hybridized carbons (Fsp3) is 0. The normalized spacial score (nSPS) is 11.3. The standard InChI is InChI=1S/C20H10N6O2S2/c1-3-7-11(8-4-1)13-23-25-15(27-13)17-21-19-20(29-17)22-18(30-19)16-26-24-14(28-16)12-9-5-2-6-10-12/h1-10H. The molecule has 0 radical (unpaired) electrons. The van der Waals surface area contributed by atoms with Crippen LogP contribution in [0, 0.1) is 0 Å². The Bertz CT molecular complexity index is 1310. The maximum atomic E-state index is 5.78. The molecule has 10 heteroatoms. The number of aromatic nitrogens is 6. The Labute approximate surface area is 176 Å². The van der Waals surface area contributed by atoms with Crippen LogP contribution in [0.15, 0.2) is 69.5 Å². The quantitative estimate of drug-likeness (QED) is 0.376. The second-order valence-corrected chi connectivity index (χ2v) is 8.16. The van der Waals surface area contributed by atoms with Gasteiger partial charge in [0.15, 0.2) is 19.7 Å². The molecule has 0 amide bonds. The highest BCUT2D eigenvalue weighted by molar-refractivity contribution is 7.29. The SMILES string of the molecule is c1ccc(-c2nnc(-c3nc4sc(-c5nnc(-c6ccccc6)o5)nc4s3)o2)cc1. The van der Waals surface area contributed by atoms with Crippen molar-refractivity contribution in [2.24, 2.45) is 0 Å². The molecule has 0 saturated carbocycles. The molecule has 6 aromatic rings. The van der Waals surface area contributed by atoms with Crippen LogP contribution in [-0.4, -0.2) is 30.4 Å². The zero-order chi connectivity index (χ0) is 19.9. The van der Waals surface area contributed by atoms with Crippen molar-refractivity contribution in [1.29, 1.82) is 0 Å². The highest BCUT2D eigenvalue weighted by atomic mass is 32.1. The summed E-state index contributed by atoms with van der Waals surface area (Å²) in [5.41, 5.74) is 1.72. The molecule has 144 valence electrons. The van der Waals surface area contributed by atoms with Crippen molar-refractivity contribution in [2.75, 3.05) is 0 Å². The second-order valence-electron chi connectivity index (χ2n) is 6.21. The summed E-state index contributed by atoms with van der Waals surface area (Å²) in [5.74, 6) is 1.65. The fourth-order valence-corrected chi connectivity index (χ4v) is 4.72. The van der Waals surface area contributed by atoms with Crippen molar-refractivity contribution in [3.05, 3.63) is 60.7 Å². The van der Waals surface area contributed by atoms with Crippen molar-refractivity contribution in [2.45, 2.75) is 0 Å². The lowest BCUT2D eigenvalue weighted by atomic mass is 10.2. The van der Waals surface area contributed by atoms with Gasteiger partial charge in [0.2, 0.25) is 11.8 Å². The summed E-state index contributed by atoms with van der Waals surface area (Å²) in [7, 11) is 0. The first-order valence-corrected chi connectivity index (χ1v) is 10.5. The van der Waals surface area contributed by atoms with Gasteiger partial charge in [-0.2, -0.15) is 0 Å². The van der Waals surface area contributed by atoms with E-state index in [1.165, 1.54) is 22.7 Å². The minimum Gasteiger partial charge on any atom is -0.414 e. The first kappa shape index (κ1) is 17.1. The third-order valence-corrected chi connectivity index (χ3v) is 6.24. The Morgan fingerprint density at radius 1 is 0.500 bits per heavy atom. The molecule has 30 heavy (non-hydrogen) atoms. The molecule has 4 aromatic heterocycles. The van der Waals surface area contributed by atoms with E-state index in [0.717, 1.165) is 20.8 Å². The zero-order valence-electron chi connectivity index (χ0n) is 15.1. The summed E-state index contributed by atoms with van der Waals surface area (Å²) >= 11 is 2.76. The van der Waals surface area contributed by atoms with E-state index < -0.39 is 0 Å². The molecule has 0 atom stereocenters. The minimum atomic E-state index is 0.370. The Morgan fingerprint density at radius 3 is 1.33 bits per heavy atom. The summed E-state index contributed by atoms with van der Waals surface area (Å²) in [6, 6.07) is 19.2. The third kappa shape index (κ3) is 2.98. The largest absolute Gasteiger partial charge is 0.414 e. The van der Waals surface area contributed by atoms with Crippen LogP contribution in [0.5, 0.6) is 0 Å². The van der Waals surface area contributed by atoms with Gasteiger partial charge < -0.3 is 8.83 Å². The minimum absolute atomic E-state index is 0.370. The highest BCUT2D eigenvalue weighted by Gasteiger charge is 2.20. The number of benzene rings is 2. The van der Waals surface area contributed by atoms with Crippen LogP contribution in [0.25, 0.3) is 54.4 Å². The van der Waals surface area contributed by atoms with E-state index in [-0.39, 0.29) is 0 Å². The van der Waals surface area contributed by atoms with E-state index in [4.69, 9.17) is 8.83 Å². The van der Waals surface area contributed by atoms with E-state index >= 15 is 0 Å². The maximum Gasteiger partial charge on any atom is 0.277 e. The zero-order valence-corrected chi connectivity index (χ0v) is 16.7. The highest BCUT2D eigenvalue weighted by Crippen LogP contribution is 2.36. The molecule has 0 aliphatic heterocycles. The molecular formula is C20H10N6O2S2. The summed E-state index contributed by atoms with van der Waals surface area (Å²) in [5, 5.41) is 17.7. The van der Waals surface area contributed by atoms with Crippen molar-refractivity contribution in [3.8, 4) is 44.7 Å². The Kier molecular flexibility index (Phi) is 3.96. The van der Waals surface area contributed by atoms with E-state index in [9.17, 15) is 0 Å². The summed E-state index contributed by atoms with van der Waals surface area (Å²) < 4.78 is 11.6. The molecule has 8 nitrogen and oxygen atoms in total. The van der Waals surface area contributed by atoms with E-state index in [0.29, 0.717) is 33.6 Å². The van der Waals surface area contributed by atoms with E-state index in [1.54, 1.807) is 0 Å². The number of fused-ring (bicyclic) bond motifs is 1. The number of hydrogen-bond donors (Lipinski definition) is 0. The van der Waals surface area contributed by atoms with E-state index in [1.807, 2.05) is 60.7 Å². The van der Waals surface area contributed by atoms with Crippen LogP contribution in [0.1, 0.15) is 0 Å². The van der Waals surface area contributed by atoms with Crippen LogP contribution in [0.4, 0.5) is 0 Å². The van der Waals surface area contributed by atoms with Gasteiger partial charge in [0.1, 0.15) is 0 Å². The van der Waals surface area contributed by atoms with Crippen LogP contribution < -0.4 is 0 Å². The van der Waals surface area contributed by atoms with Gasteiger partial charge in [-0.15, -0.1) is 20.4 Å². The van der Waals surface area contributed by atoms with E-state index in [2.05, 4.69) is 30.4 Å². The third-order valence-electron chi connectivity index (χ3n) is 4.23. The lowest BCUT2D eigenvalue weighted by Gasteiger charge is -1.91. The van der Waals surface area contributed by atoms with Crippen molar-refractivity contribution in [1.82, 2.24) is 30.4 Å². The number of rotatable bonds is 4. The van der Waals surface area contributed by atoms with Gasteiger partial charge in [-0.25, -0.2) is 9.97 Å². The van der Waals surface area contributed by atoms with Crippen molar-refractivity contribution >= 4 is 32.3 Å². The smallest absolute Gasteiger partial charge is 0.277 e. The fourth-order valence-electron chi connectivity index (χ4n) is 2.84. The Morgan fingerprint density at radius 2 is 0.900 bits per heavy atom. The molecular weight excluding hydrogens is 420 g/mol. The van der Waals surface area contributed by atoms with Crippen LogP contribution in [0.3, 0.4) is 0 Å². The Hall–Kier alpha value is -3.76. The van der Waals surface area contributed by atoms with Crippen LogP contribution in [-0.2, 0) is 0 Å².